The summed E-state index contributed by atoms with van der Waals surface area (Å²) in [5.74, 6) is -0.160. The minimum Gasteiger partial charge on any atom is -0.756 e. The summed E-state index contributed by atoms with van der Waals surface area (Å²) in [6, 6.07) is -0.800. The number of unbranched alkanes of at least 4 members (excludes halogenated alkanes) is 41. The average Bonchev–Trinajstić information content (AvgIpc) is 3.33. The molecule has 0 bridgehead atoms. The van der Waals surface area contributed by atoms with E-state index in [1.165, 1.54) is 244 Å². The van der Waals surface area contributed by atoms with Crippen LogP contribution in [0.25, 0.3) is 0 Å². The number of quaternary nitrogens is 1. The third kappa shape index (κ3) is 56.5. The van der Waals surface area contributed by atoms with Crippen molar-refractivity contribution in [3.8, 4) is 0 Å². The van der Waals surface area contributed by atoms with Crippen molar-refractivity contribution in [3.05, 3.63) is 24.3 Å². The normalized spacial score (nSPS) is 14.0. The number of amides is 1. The molecule has 0 aromatic rings. The zero-order valence-electron chi connectivity index (χ0n) is 48.2. The first kappa shape index (κ1) is 70.0. The first-order chi connectivity index (χ1) is 34.5. The van der Waals surface area contributed by atoms with Crippen LogP contribution in [0.2, 0.25) is 0 Å². The van der Waals surface area contributed by atoms with Gasteiger partial charge in [0.1, 0.15) is 13.2 Å². The molecule has 0 aliphatic carbocycles. The predicted molar refractivity (Wildman–Crippen MR) is 307 cm³/mol. The topological polar surface area (TPSA) is 108 Å². The maximum atomic E-state index is 13.0. The zero-order chi connectivity index (χ0) is 52.0. The molecule has 8 nitrogen and oxygen atoms in total. The molecule has 9 heteroatoms. The van der Waals surface area contributed by atoms with Crippen molar-refractivity contribution in [1.29, 1.82) is 0 Å². The number of carbonyl (C=O) groups is 1. The molecule has 0 aromatic carbocycles. The molecule has 0 radical (unpaired) electrons. The van der Waals surface area contributed by atoms with Crippen LogP contribution in [0.1, 0.15) is 316 Å². The third-order valence-electron chi connectivity index (χ3n) is 14.4. The molecule has 0 saturated heterocycles. The highest BCUT2D eigenvalue weighted by molar-refractivity contribution is 7.45. The van der Waals surface area contributed by atoms with Gasteiger partial charge < -0.3 is 28.8 Å². The summed E-state index contributed by atoms with van der Waals surface area (Å²) in [5.41, 5.74) is 0. The number of hydrogen-bond donors (Lipinski definition) is 2. The van der Waals surface area contributed by atoms with Crippen LogP contribution >= 0.6 is 7.82 Å². The van der Waals surface area contributed by atoms with E-state index in [0.29, 0.717) is 23.9 Å². The summed E-state index contributed by atoms with van der Waals surface area (Å²) in [6.45, 7) is 4.76. The molecule has 0 saturated carbocycles. The Morgan fingerprint density at radius 2 is 0.817 bits per heavy atom. The Kier molecular flexibility index (Phi) is 53.0. The number of carbonyl (C=O) groups excluding carboxylic acids is 1. The number of nitrogens with one attached hydrogen (secondary N) is 1. The fourth-order valence-corrected chi connectivity index (χ4v) is 10.3. The first-order valence-electron chi connectivity index (χ1n) is 31.2. The van der Waals surface area contributed by atoms with Crippen molar-refractivity contribution in [1.82, 2.24) is 5.32 Å². The fourth-order valence-electron chi connectivity index (χ4n) is 9.54. The van der Waals surface area contributed by atoms with Crippen LogP contribution in [0.3, 0.4) is 0 Å². The van der Waals surface area contributed by atoms with Crippen LogP contribution in [0.5, 0.6) is 0 Å². The van der Waals surface area contributed by atoms with Gasteiger partial charge in [-0.25, -0.2) is 0 Å². The van der Waals surface area contributed by atoms with Gasteiger partial charge in [0, 0.05) is 6.42 Å². The van der Waals surface area contributed by atoms with Crippen LogP contribution in [0.15, 0.2) is 24.3 Å². The Morgan fingerprint density at radius 3 is 1.17 bits per heavy atom. The van der Waals surface area contributed by atoms with Crippen LogP contribution in [-0.2, 0) is 18.4 Å². The van der Waals surface area contributed by atoms with E-state index in [-0.39, 0.29) is 19.1 Å². The number of rotatable bonds is 58. The highest BCUT2D eigenvalue weighted by Crippen LogP contribution is 2.38. The van der Waals surface area contributed by atoms with E-state index < -0.39 is 20.0 Å². The predicted octanol–water partition coefficient (Wildman–Crippen LogP) is 18.5. The van der Waals surface area contributed by atoms with Gasteiger partial charge in [0.2, 0.25) is 5.91 Å². The number of nitrogens with zero attached hydrogens (tertiary/aromatic N) is 1. The van der Waals surface area contributed by atoms with E-state index in [4.69, 9.17) is 9.05 Å². The highest BCUT2D eigenvalue weighted by atomic mass is 31.2. The molecule has 0 aromatic heterocycles. The van der Waals surface area contributed by atoms with Gasteiger partial charge in [0.05, 0.1) is 39.9 Å². The van der Waals surface area contributed by atoms with E-state index in [1.54, 1.807) is 0 Å². The Labute approximate surface area is 443 Å². The van der Waals surface area contributed by atoms with Crippen LogP contribution in [0, 0.1) is 0 Å². The number of allylic oxidation sites excluding steroid dienone is 4. The van der Waals surface area contributed by atoms with Crippen molar-refractivity contribution < 1.29 is 32.9 Å². The Balaban J connectivity index is 4.10. The number of phosphoric acid groups is 1. The van der Waals surface area contributed by atoms with Gasteiger partial charge >= 0.3 is 0 Å². The molecule has 0 aliphatic heterocycles. The molecule has 0 aliphatic rings. The van der Waals surface area contributed by atoms with Crippen LogP contribution < -0.4 is 10.2 Å². The molecular formula is C62H123N2O6P. The molecule has 0 fully saturated rings. The van der Waals surface area contributed by atoms with Gasteiger partial charge in [0.25, 0.3) is 7.82 Å². The highest BCUT2D eigenvalue weighted by Gasteiger charge is 2.24. The maximum absolute atomic E-state index is 13.0. The summed E-state index contributed by atoms with van der Waals surface area (Å²) >= 11 is 0. The Bertz CT molecular complexity index is 1210. The van der Waals surface area contributed by atoms with Gasteiger partial charge in [0.15, 0.2) is 0 Å². The SMILES string of the molecule is CCCCCCC/C=C\C/C=C\CCCCCCCCCCCCCCCC(=O)NC(COP(=O)([O-])OCC[N+](C)(C)C)C(O)CCCCCCCCCCCCCCCCCCCCCCCCCC. The minimum atomic E-state index is -4.57. The third-order valence-corrected chi connectivity index (χ3v) is 15.4. The lowest BCUT2D eigenvalue weighted by Gasteiger charge is -2.30. The molecule has 3 unspecified atom stereocenters. The Hall–Kier alpha value is -1.02. The molecule has 71 heavy (non-hydrogen) atoms. The standard InChI is InChI=1S/C62H123N2O6P/c1-6-8-10-12-14-16-18-20-22-24-26-28-30-32-34-36-38-40-42-44-46-48-50-52-54-56-62(66)63-60(59-70-71(67,68)69-58-57-64(3,4)5)61(65)55-53-51-49-47-45-43-41-39-37-35-33-31-29-27-25-23-21-19-17-15-13-11-9-7-2/h18,20,24,26,60-61,65H,6-17,19,21-23,25,27-59H2,1-5H3,(H-,63,66,67,68)/b20-18-,26-24-. The molecule has 1 amide bonds. The summed E-state index contributed by atoms with van der Waals surface area (Å²) in [6.07, 6.45) is 67.9. The van der Waals surface area contributed by atoms with Crippen molar-refractivity contribution in [2.24, 2.45) is 0 Å². The molecule has 0 heterocycles. The second-order valence-electron chi connectivity index (χ2n) is 22.8. The van der Waals surface area contributed by atoms with Crippen LogP contribution in [0.4, 0.5) is 0 Å². The van der Waals surface area contributed by atoms with Crippen molar-refractivity contribution in [2.45, 2.75) is 328 Å². The molecule has 0 rings (SSSR count). The first-order valence-corrected chi connectivity index (χ1v) is 32.6. The smallest absolute Gasteiger partial charge is 0.268 e. The summed E-state index contributed by atoms with van der Waals surface area (Å²) in [7, 11) is 1.32. The van der Waals surface area contributed by atoms with E-state index >= 15 is 0 Å². The number of phosphoric ester groups is 1. The molecule has 3 atom stereocenters. The van der Waals surface area contributed by atoms with E-state index in [9.17, 15) is 19.4 Å². The maximum Gasteiger partial charge on any atom is 0.268 e. The minimum absolute atomic E-state index is 0.0139. The second-order valence-corrected chi connectivity index (χ2v) is 24.2. The molecule has 0 spiro atoms. The van der Waals surface area contributed by atoms with Gasteiger partial charge in [-0.05, 0) is 44.9 Å². The molecular weight excluding hydrogens is 900 g/mol. The van der Waals surface area contributed by atoms with E-state index in [0.717, 1.165) is 44.9 Å². The van der Waals surface area contributed by atoms with Gasteiger partial charge in [-0.1, -0.05) is 289 Å². The fraction of sp³-hybridized carbons (Fsp3) is 0.919. The molecule has 2 N–H and O–H groups in total. The zero-order valence-corrected chi connectivity index (χ0v) is 49.1. The van der Waals surface area contributed by atoms with Gasteiger partial charge in [-0.2, -0.15) is 0 Å². The lowest BCUT2D eigenvalue weighted by molar-refractivity contribution is -0.870. The average molecular weight is 1020 g/mol. The summed E-state index contributed by atoms with van der Waals surface area (Å²) < 4.78 is 23.5. The quantitative estimate of drug-likeness (QED) is 0.0272. The monoisotopic (exact) mass is 1020 g/mol. The number of likely N-dealkylation sites (N-methyl/N-ethyl adjacent to an activating group) is 1. The Morgan fingerprint density at radius 1 is 0.493 bits per heavy atom. The van der Waals surface area contributed by atoms with Gasteiger partial charge in [-0.3, -0.25) is 9.36 Å². The van der Waals surface area contributed by atoms with E-state index in [2.05, 4.69) is 43.5 Å². The number of hydrogen-bond acceptors (Lipinski definition) is 6. The van der Waals surface area contributed by atoms with Crippen molar-refractivity contribution in [3.63, 3.8) is 0 Å². The number of aliphatic hydroxyl groups is 1. The summed E-state index contributed by atoms with van der Waals surface area (Å²) in [5, 5.41) is 14.1. The largest absolute Gasteiger partial charge is 0.756 e. The van der Waals surface area contributed by atoms with Crippen molar-refractivity contribution >= 4 is 13.7 Å². The lowest BCUT2D eigenvalue weighted by atomic mass is 10.0. The lowest BCUT2D eigenvalue weighted by Crippen LogP contribution is -2.46. The van der Waals surface area contributed by atoms with E-state index in [1.807, 2.05) is 21.1 Å². The van der Waals surface area contributed by atoms with Crippen LogP contribution in [-0.4, -0.2) is 68.5 Å². The van der Waals surface area contributed by atoms with Crippen molar-refractivity contribution in [2.75, 3.05) is 40.9 Å². The molecule has 422 valence electrons. The van der Waals surface area contributed by atoms with Gasteiger partial charge in [-0.15, -0.1) is 0 Å². The summed E-state index contributed by atoms with van der Waals surface area (Å²) in [4.78, 5) is 25.6. The number of aliphatic hydroxyl groups excluding tert-OH is 1. The second kappa shape index (κ2) is 53.8.